The lowest BCUT2D eigenvalue weighted by atomic mass is 10.1. The lowest BCUT2D eigenvalue weighted by molar-refractivity contribution is -0.384. The van der Waals surface area contributed by atoms with Crippen molar-refractivity contribution in [2.45, 2.75) is 32.7 Å². The third-order valence-electron chi connectivity index (χ3n) is 4.75. The van der Waals surface area contributed by atoms with Gasteiger partial charge in [-0.15, -0.1) is 0 Å². The monoisotopic (exact) mass is 405 g/mol. The molecule has 3 aromatic rings. The van der Waals surface area contributed by atoms with Crippen molar-refractivity contribution in [2.75, 3.05) is 5.32 Å². The first kappa shape index (κ1) is 21.0. The normalized spacial score (nSPS) is 10.6. The zero-order chi connectivity index (χ0) is 21.5. The summed E-state index contributed by atoms with van der Waals surface area (Å²) >= 11 is 0. The van der Waals surface area contributed by atoms with Crippen LogP contribution in [-0.2, 0) is 13.0 Å². The van der Waals surface area contributed by atoms with Crippen LogP contribution in [0.4, 0.5) is 11.4 Å². The Kier molecular flexibility index (Phi) is 6.75. The predicted molar refractivity (Wildman–Crippen MR) is 116 cm³/mol. The maximum absolute atomic E-state index is 12.6. The number of nitro benzene ring substituents is 1. The number of pyridine rings is 1. The number of anilines is 1. The molecular weight excluding hydrogens is 382 g/mol. The van der Waals surface area contributed by atoms with Crippen molar-refractivity contribution in [3.05, 3.63) is 104 Å². The fourth-order valence-corrected chi connectivity index (χ4v) is 3.09. The highest BCUT2D eigenvalue weighted by Crippen LogP contribution is 2.15. The summed E-state index contributed by atoms with van der Waals surface area (Å²) in [5.74, 6) is -0.330. The van der Waals surface area contributed by atoms with E-state index in [1.54, 1.807) is 12.1 Å². The van der Waals surface area contributed by atoms with Crippen LogP contribution in [0, 0.1) is 10.1 Å². The Morgan fingerprint density at radius 2 is 1.83 bits per heavy atom. The Morgan fingerprint density at radius 3 is 2.53 bits per heavy atom. The van der Waals surface area contributed by atoms with E-state index in [-0.39, 0.29) is 23.7 Å². The molecule has 0 spiro atoms. The van der Waals surface area contributed by atoms with E-state index in [1.165, 1.54) is 40.6 Å². The van der Waals surface area contributed by atoms with Crippen LogP contribution in [-0.4, -0.2) is 15.4 Å². The largest absolute Gasteiger partial charge is 0.322 e. The maximum Gasteiger partial charge on any atom is 0.269 e. The van der Waals surface area contributed by atoms with Crippen LogP contribution in [0.25, 0.3) is 0 Å². The smallest absolute Gasteiger partial charge is 0.269 e. The van der Waals surface area contributed by atoms with Gasteiger partial charge in [0, 0.05) is 30.1 Å². The number of amides is 1. The first-order valence-corrected chi connectivity index (χ1v) is 9.80. The molecule has 1 aromatic heterocycles. The van der Waals surface area contributed by atoms with Gasteiger partial charge in [-0.05, 0) is 42.2 Å². The van der Waals surface area contributed by atoms with E-state index < -0.39 is 4.92 Å². The highest BCUT2D eigenvalue weighted by molar-refractivity contribution is 6.04. The Bertz CT molecular complexity index is 1100. The Labute approximate surface area is 174 Å². The molecule has 1 amide bonds. The molecule has 0 saturated carbocycles. The molecular formula is C23H23N3O4. The van der Waals surface area contributed by atoms with Crippen LogP contribution in [0.5, 0.6) is 0 Å². The average molecular weight is 405 g/mol. The number of carbonyl (C=O) groups excluding carboxylic acids is 1. The number of benzene rings is 2. The van der Waals surface area contributed by atoms with Gasteiger partial charge in [-0.25, -0.2) is 0 Å². The summed E-state index contributed by atoms with van der Waals surface area (Å²) in [4.78, 5) is 35.3. The van der Waals surface area contributed by atoms with Crippen molar-refractivity contribution < 1.29 is 9.72 Å². The van der Waals surface area contributed by atoms with E-state index >= 15 is 0 Å². The van der Waals surface area contributed by atoms with E-state index in [1.807, 2.05) is 24.3 Å². The lowest BCUT2D eigenvalue weighted by Gasteiger charge is -2.10. The minimum Gasteiger partial charge on any atom is -0.322 e. The fourth-order valence-electron chi connectivity index (χ4n) is 3.09. The van der Waals surface area contributed by atoms with Crippen LogP contribution < -0.4 is 10.9 Å². The summed E-state index contributed by atoms with van der Waals surface area (Å²) in [6.07, 6.45) is 4.72. The second kappa shape index (κ2) is 9.65. The van der Waals surface area contributed by atoms with Gasteiger partial charge in [0.1, 0.15) is 0 Å². The second-order valence-corrected chi connectivity index (χ2v) is 7.07. The summed E-state index contributed by atoms with van der Waals surface area (Å²) in [5, 5.41) is 13.8. The summed E-state index contributed by atoms with van der Waals surface area (Å²) < 4.78 is 1.36. The van der Waals surface area contributed by atoms with Gasteiger partial charge in [-0.3, -0.25) is 19.7 Å². The molecule has 7 nitrogen and oxygen atoms in total. The van der Waals surface area contributed by atoms with Gasteiger partial charge < -0.3 is 9.88 Å². The number of aryl methyl sites for hydroxylation is 1. The van der Waals surface area contributed by atoms with Crippen LogP contribution >= 0.6 is 0 Å². The van der Waals surface area contributed by atoms with E-state index in [0.29, 0.717) is 16.8 Å². The van der Waals surface area contributed by atoms with Gasteiger partial charge in [-0.2, -0.15) is 0 Å². The summed E-state index contributed by atoms with van der Waals surface area (Å²) in [7, 11) is 0. The van der Waals surface area contributed by atoms with E-state index in [4.69, 9.17) is 0 Å². The van der Waals surface area contributed by atoms with Crippen molar-refractivity contribution >= 4 is 17.3 Å². The van der Waals surface area contributed by atoms with E-state index in [9.17, 15) is 19.7 Å². The van der Waals surface area contributed by atoms with Gasteiger partial charge in [0.2, 0.25) is 0 Å². The van der Waals surface area contributed by atoms with Crippen LogP contribution in [0.15, 0.2) is 71.7 Å². The van der Waals surface area contributed by atoms with E-state index in [0.717, 1.165) is 19.3 Å². The standard InChI is InChI=1S/C23H23N3O4/c1-2-3-5-17-8-11-20(12-9-17)24-23(28)19-10-13-22(27)25(16-19)15-18-6-4-7-21(14-18)26(29)30/h4,6-14,16H,2-3,5,15H2,1H3,(H,24,28). The molecule has 30 heavy (non-hydrogen) atoms. The van der Waals surface area contributed by atoms with E-state index in [2.05, 4.69) is 12.2 Å². The number of carbonyl (C=O) groups is 1. The van der Waals surface area contributed by atoms with Gasteiger partial charge in [0.05, 0.1) is 17.0 Å². The topological polar surface area (TPSA) is 94.2 Å². The average Bonchev–Trinajstić information content (AvgIpc) is 2.75. The second-order valence-electron chi connectivity index (χ2n) is 7.07. The summed E-state index contributed by atoms with van der Waals surface area (Å²) in [5.41, 5.74) is 2.49. The number of nitrogens with one attached hydrogen (secondary N) is 1. The number of rotatable bonds is 8. The minimum absolute atomic E-state index is 0.0446. The quantitative estimate of drug-likeness (QED) is 0.444. The molecule has 1 N–H and O–H groups in total. The fraction of sp³-hybridized carbons (Fsp3) is 0.217. The molecule has 0 atom stereocenters. The minimum atomic E-state index is -0.482. The van der Waals surface area contributed by atoms with Gasteiger partial charge in [-0.1, -0.05) is 37.6 Å². The number of aromatic nitrogens is 1. The van der Waals surface area contributed by atoms with Gasteiger partial charge in [0.25, 0.3) is 17.2 Å². The van der Waals surface area contributed by atoms with Crippen LogP contribution in [0.3, 0.4) is 0 Å². The first-order valence-electron chi connectivity index (χ1n) is 9.80. The Morgan fingerprint density at radius 1 is 1.07 bits per heavy atom. The van der Waals surface area contributed by atoms with Crippen LogP contribution in [0.1, 0.15) is 41.3 Å². The molecule has 0 saturated heterocycles. The maximum atomic E-state index is 12.6. The van der Waals surface area contributed by atoms with Gasteiger partial charge >= 0.3 is 0 Å². The highest BCUT2D eigenvalue weighted by Gasteiger charge is 2.10. The van der Waals surface area contributed by atoms with Crippen molar-refractivity contribution in [1.29, 1.82) is 0 Å². The van der Waals surface area contributed by atoms with Gasteiger partial charge in [0.15, 0.2) is 0 Å². The number of hydrogen-bond acceptors (Lipinski definition) is 4. The molecule has 7 heteroatoms. The molecule has 154 valence electrons. The molecule has 0 aliphatic carbocycles. The van der Waals surface area contributed by atoms with Crippen LogP contribution in [0.2, 0.25) is 0 Å². The number of hydrogen-bond donors (Lipinski definition) is 1. The number of nitro groups is 1. The highest BCUT2D eigenvalue weighted by atomic mass is 16.6. The molecule has 3 rings (SSSR count). The molecule has 0 aliphatic rings. The Hall–Kier alpha value is -3.74. The van der Waals surface area contributed by atoms with Crippen molar-refractivity contribution in [3.63, 3.8) is 0 Å². The summed E-state index contributed by atoms with van der Waals surface area (Å²) in [6, 6.07) is 16.6. The third-order valence-corrected chi connectivity index (χ3v) is 4.75. The number of unbranched alkanes of at least 4 members (excludes halogenated alkanes) is 1. The van der Waals surface area contributed by atoms with Crippen molar-refractivity contribution in [2.24, 2.45) is 0 Å². The molecule has 0 radical (unpaired) electrons. The SMILES string of the molecule is CCCCc1ccc(NC(=O)c2ccc(=O)n(Cc3cccc([N+](=O)[O-])c3)c2)cc1. The Balaban J connectivity index is 1.74. The molecule has 1 heterocycles. The molecule has 0 bridgehead atoms. The lowest BCUT2D eigenvalue weighted by Crippen LogP contribution is -2.22. The van der Waals surface area contributed by atoms with Crippen molar-refractivity contribution in [3.8, 4) is 0 Å². The molecule has 2 aromatic carbocycles. The van der Waals surface area contributed by atoms with Crippen molar-refractivity contribution in [1.82, 2.24) is 4.57 Å². The zero-order valence-corrected chi connectivity index (χ0v) is 16.7. The molecule has 0 unspecified atom stereocenters. The predicted octanol–water partition coefficient (Wildman–Crippen LogP) is 4.40. The zero-order valence-electron chi connectivity index (χ0n) is 16.7. The number of non-ortho nitro benzene ring substituents is 1. The number of nitrogens with zero attached hydrogens (tertiary/aromatic N) is 2. The summed E-state index contributed by atoms with van der Waals surface area (Å²) in [6.45, 7) is 2.28. The first-order chi connectivity index (χ1) is 14.5. The molecule has 0 fully saturated rings. The molecule has 0 aliphatic heterocycles. The third kappa shape index (κ3) is 5.41.